The van der Waals surface area contributed by atoms with Crippen molar-refractivity contribution in [3.05, 3.63) is 65.6 Å². The highest BCUT2D eigenvalue weighted by atomic mass is 19.4. The molecule has 0 unspecified atom stereocenters. The Morgan fingerprint density at radius 2 is 1.84 bits per heavy atom. The zero-order valence-corrected chi connectivity index (χ0v) is 16.5. The van der Waals surface area contributed by atoms with E-state index in [1.54, 1.807) is 18.2 Å². The third-order valence-corrected chi connectivity index (χ3v) is 4.11. The predicted molar refractivity (Wildman–Crippen MR) is 103 cm³/mol. The van der Waals surface area contributed by atoms with E-state index in [0.29, 0.717) is 22.6 Å². The van der Waals surface area contributed by atoms with Crippen molar-refractivity contribution in [2.75, 3.05) is 14.2 Å². The van der Waals surface area contributed by atoms with Gasteiger partial charge in [0.05, 0.1) is 19.8 Å². The summed E-state index contributed by atoms with van der Waals surface area (Å²) in [5.74, 6) is 0.387. The molecule has 2 aromatic carbocycles. The smallest absolute Gasteiger partial charge is 0.416 e. The molecule has 0 saturated heterocycles. The lowest BCUT2D eigenvalue weighted by atomic mass is 10.1. The van der Waals surface area contributed by atoms with Crippen LogP contribution >= 0.6 is 0 Å². The highest BCUT2D eigenvalue weighted by Crippen LogP contribution is 2.32. The fourth-order valence-electron chi connectivity index (χ4n) is 2.62. The number of benzene rings is 2. The standard InChI is InChI=1S/C21H17F3N2O5/c1-28-16-5-3-4-13(19(16)29-2)8-11-18(27)30-12-17-25-20(26-31-17)14-6-9-15(10-7-14)21(22,23)24/h3-11H,12H2,1-2H3/b11-8+. The molecule has 0 N–H and O–H groups in total. The first-order chi connectivity index (χ1) is 14.8. The van der Waals surface area contributed by atoms with Crippen LogP contribution in [0.4, 0.5) is 13.2 Å². The summed E-state index contributed by atoms with van der Waals surface area (Å²) in [6, 6.07) is 9.50. The van der Waals surface area contributed by atoms with Crippen LogP contribution in [0.5, 0.6) is 11.5 Å². The summed E-state index contributed by atoms with van der Waals surface area (Å²) >= 11 is 0. The van der Waals surface area contributed by atoms with E-state index in [1.807, 2.05) is 0 Å². The number of halogens is 3. The van der Waals surface area contributed by atoms with E-state index >= 15 is 0 Å². The van der Waals surface area contributed by atoms with Gasteiger partial charge in [0.2, 0.25) is 5.82 Å². The van der Waals surface area contributed by atoms with Crippen molar-refractivity contribution in [1.82, 2.24) is 10.1 Å². The van der Waals surface area contributed by atoms with E-state index in [-0.39, 0.29) is 18.3 Å². The van der Waals surface area contributed by atoms with Gasteiger partial charge in [-0.05, 0) is 24.3 Å². The maximum absolute atomic E-state index is 12.6. The second kappa shape index (κ2) is 9.33. The summed E-state index contributed by atoms with van der Waals surface area (Å²) in [7, 11) is 2.99. The minimum absolute atomic E-state index is 0.00407. The van der Waals surface area contributed by atoms with Crippen molar-refractivity contribution in [2.24, 2.45) is 0 Å². The van der Waals surface area contributed by atoms with Gasteiger partial charge in [-0.25, -0.2) is 4.79 Å². The van der Waals surface area contributed by atoms with E-state index < -0.39 is 17.7 Å². The van der Waals surface area contributed by atoms with Gasteiger partial charge in [0.25, 0.3) is 5.89 Å². The van der Waals surface area contributed by atoms with Gasteiger partial charge in [0, 0.05) is 17.2 Å². The van der Waals surface area contributed by atoms with E-state index in [2.05, 4.69) is 10.1 Å². The zero-order chi connectivity index (χ0) is 22.4. The number of carbonyl (C=O) groups excluding carboxylic acids is 1. The highest BCUT2D eigenvalue weighted by molar-refractivity contribution is 5.87. The minimum atomic E-state index is -4.43. The molecule has 0 radical (unpaired) electrons. The van der Waals surface area contributed by atoms with Gasteiger partial charge in [-0.15, -0.1) is 0 Å². The minimum Gasteiger partial charge on any atom is -0.493 e. The number of aromatic nitrogens is 2. The van der Waals surface area contributed by atoms with Crippen molar-refractivity contribution in [2.45, 2.75) is 12.8 Å². The summed E-state index contributed by atoms with van der Waals surface area (Å²) in [6.07, 6.45) is -1.73. The third kappa shape index (κ3) is 5.41. The molecule has 0 aliphatic heterocycles. The van der Waals surface area contributed by atoms with Crippen LogP contribution in [0.2, 0.25) is 0 Å². The van der Waals surface area contributed by atoms with Crippen molar-refractivity contribution >= 4 is 12.0 Å². The Balaban J connectivity index is 1.61. The number of hydrogen-bond acceptors (Lipinski definition) is 7. The molecule has 0 amide bonds. The van der Waals surface area contributed by atoms with Gasteiger partial charge in [0.15, 0.2) is 18.1 Å². The van der Waals surface area contributed by atoms with Crippen LogP contribution in [0.3, 0.4) is 0 Å². The quantitative estimate of drug-likeness (QED) is 0.399. The highest BCUT2D eigenvalue weighted by Gasteiger charge is 2.30. The number of rotatable bonds is 7. The number of nitrogens with zero attached hydrogens (tertiary/aromatic N) is 2. The average Bonchev–Trinajstić information content (AvgIpc) is 3.24. The van der Waals surface area contributed by atoms with Crippen LogP contribution in [-0.4, -0.2) is 30.3 Å². The SMILES string of the molecule is COc1cccc(/C=C/C(=O)OCc2nc(-c3ccc(C(F)(F)F)cc3)no2)c1OC. The molecule has 0 aliphatic rings. The summed E-state index contributed by atoms with van der Waals surface area (Å²) < 4.78 is 58.4. The molecule has 31 heavy (non-hydrogen) atoms. The second-order valence-electron chi connectivity index (χ2n) is 6.11. The van der Waals surface area contributed by atoms with Crippen LogP contribution < -0.4 is 9.47 Å². The summed E-state index contributed by atoms with van der Waals surface area (Å²) in [5, 5.41) is 3.68. The molecule has 1 aromatic heterocycles. The lowest BCUT2D eigenvalue weighted by molar-refractivity contribution is -0.140. The molecule has 3 aromatic rings. The van der Waals surface area contributed by atoms with E-state index in [9.17, 15) is 18.0 Å². The fraction of sp³-hybridized carbons (Fsp3) is 0.190. The van der Waals surface area contributed by atoms with Gasteiger partial charge < -0.3 is 18.7 Å². The van der Waals surface area contributed by atoms with Gasteiger partial charge in [-0.3, -0.25) is 0 Å². The molecular weight excluding hydrogens is 417 g/mol. The number of carbonyl (C=O) groups is 1. The Morgan fingerprint density at radius 1 is 1.10 bits per heavy atom. The van der Waals surface area contributed by atoms with Crippen LogP contribution in [0.15, 0.2) is 53.1 Å². The fourth-order valence-corrected chi connectivity index (χ4v) is 2.62. The Bertz CT molecular complexity index is 1080. The third-order valence-electron chi connectivity index (χ3n) is 4.11. The van der Waals surface area contributed by atoms with Crippen molar-refractivity contribution in [3.8, 4) is 22.9 Å². The predicted octanol–water partition coefficient (Wildman–Crippen LogP) is 4.53. The number of methoxy groups -OCH3 is 2. The molecule has 3 rings (SSSR count). The molecule has 0 spiro atoms. The maximum Gasteiger partial charge on any atom is 0.416 e. The molecule has 0 saturated carbocycles. The molecule has 0 bridgehead atoms. The van der Waals surface area contributed by atoms with Gasteiger partial charge in [-0.1, -0.05) is 29.4 Å². The number of ether oxygens (including phenoxy) is 3. The molecule has 0 atom stereocenters. The first kappa shape index (κ1) is 21.9. The Kier molecular flexibility index (Phi) is 6.58. The van der Waals surface area contributed by atoms with Crippen molar-refractivity contribution < 1.29 is 36.7 Å². The largest absolute Gasteiger partial charge is 0.493 e. The van der Waals surface area contributed by atoms with E-state index in [1.165, 1.54) is 38.5 Å². The molecule has 0 fully saturated rings. The first-order valence-electron chi connectivity index (χ1n) is 8.88. The topological polar surface area (TPSA) is 83.7 Å². The van der Waals surface area contributed by atoms with Gasteiger partial charge >= 0.3 is 12.1 Å². The number of alkyl halides is 3. The maximum atomic E-state index is 12.6. The Hall–Kier alpha value is -3.82. The number of para-hydroxylation sites is 1. The van der Waals surface area contributed by atoms with Gasteiger partial charge in [-0.2, -0.15) is 18.2 Å². The summed E-state index contributed by atoms with van der Waals surface area (Å²) in [6.45, 7) is -0.300. The lowest BCUT2D eigenvalue weighted by Gasteiger charge is -2.09. The molecule has 162 valence electrons. The second-order valence-corrected chi connectivity index (χ2v) is 6.11. The van der Waals surface area contributed by atoms with E-state index in [4.69, 9.17) is 18.7 Å². The van der Waals surface area contributed by atoms with Gasteiger partial charge in [0.1, 0.15) is 0 Å². The van der Waals surface area contributed by atoms with Crippen LogP contribution in [0, 0.1) is 0 Å². The molecule has 0 aliphatic carbocycles. The van der Waals surface area contributed by atoms with E-state index in [0.717, 1.165) is 12.1 Å². The first-order valence-corrected chi connectivity index (χ1v) is 8.88. The summed E-state index contributed by atoms with van der Waals surface area (Å²) in [5.41, 5.74) is 0.161. The Morgan fingerprint density at radius 3 is 2.48 bits per heavy atom. The molecule has 10 heteroatoms. The van der Waals surface area contributed by atoms with Crippen molar-refractivity contribution in [1.29, 1.82) is 0 Å². The summed E-state index contributed by atoms with van der Waals surface area (Å²) in [4.78, 5) is 16.0. The lowest BCUT2D eigenvalue weighted by Crippen LogP contribution is -2.04. The van der Waals surface area contributed by atoms with Crippen LogP contribution in [0.25, 0.3) is 17.5 Å². The van der Waals surface area contributed by atoms with Crippen LogP contribution in [-0.2, 0) is 22.3 Å². The van der Waals surface area contributed by atoms with Crippen molar-refractivity contribution in [3.63, 3.8) is 0 Å². The number of esters is 1. The monoisotopic (exact) mass is 434 g/mol. The molecule has 1 heterocycles. The van der Waals surface area contributed by atoms with Crippen LogP contribution in [0.1, 0.15) is 17.0 Å². The number of hydrogen-bond donors (Lipinski definition) is 0. The Labute approximate surface area is 175 Å². The molecule has 7 nitrogen and oxygen atoms in total. The normalized spacial score (nSPS) is 11.5. The molecular formula is C21H17F3N2O5. The zero-order valence-electron chi connectivity index (χ0n) is 16.5. The average molecular weight is 434 g/mol.